The van der Waals surface area contributed by atoms with E-state index in [1.54, 1.807) is 29.5 Å². The molecule has 0 unspecified atom stereocenters. The van der Waals surface area contributed by atoms with Crippen LogP contribution in [-0.2, 0) is 6.42 Å². The highest BCUT2D eigenvalue weighted by Crippen LogP contribution is 2.32. The topological polar surface area (TPSA) is 60.5 Å². The number of thiazole rings is 1. The minimum atomic E-state index is -0.113. The first-order chi connectivity index (χ1) is 10.6. The lowest BCUT2D eigenvalue weighted by atomic mass is 10.2. The van der Waals surface area contributed by atoms with Crippen molar-refractivity contribution in [3.63, 3.8) is 0 Å². The van der Waals surface area contributed by atoms with Crippen LogP contribution in [0.15, 0.2) is 23.6 Å². The average Bonchev–Trinajstić information content (AvgIpc) is 3.15. The second-order valence-electron chi connectivity index (χ2n) is 5.41. The van der Waals surface area contributed by atoms with E-state index >= 15 is 0 Å². The Labute approximate surface area is 133 Å². The Bertz CT molecular complexity index is 682. The van der Waals surface area contributed by atoms with Crippen molar-refractivity contribution >= 4 is 17.2 Å². The quantitative estimate of drug-likeness (QED) is 0.921. The molecule has 2 aromatic rings. The first kappa shape index (κ1) is 14.8. The van der Waals surface area contributed by atoms with Gasteiger partial charge >= 0.3 is 0 Å². The Morgan fingerprint density at radius 1 is 1.36 bits per heavy atom. The zero-order valence-corrected chi connectivity index (χ0v) is 13.4. The Morgan fingerprint density at radius 3 is 2.95 bits per heavy atom. The monoisotopic (exact) mass is 318 g/mol. The van der Waals surface area contributed by atoms with E-state index in [9.17, 15) is 4.79 Å². The molecule has 22 heavy (non-hydrogen) atoms. The highest BCUT2D eigenvalue weighted by molar-refractivity contribution is 7.09. The number of nitrogens with zero attached hydrogens (tertiary/aromatic N) is 1. The lowest BCUT2D eigenvalue weighted by Gasteiger charge is -2.05. The van der Waals surface area contributed by atoms with Crippen molar-refractivity contribution in [2.45, 2.75) is 26.2 Å². The van der Waals surface area contributed by atoms with Gasteiger partial charge < -0.3 is 14.8 Å². The number of aromatic nitrogens is 1. The molecule has 2 heterocycles. The van der Waals surface area contributed by atoms with Gasteiger partial charge in [-0.25, -0.2) is 4.98 Å². The summed E-state index contributed by atoms with van der Waals surface area (Å²) in [7, 11) is 0. The number of amides is 1. The van der Waals surface area contributed by atoms with E-state index in [1.165, 1.54) is 0 Å². The Hall–Kier alpha value is -2.08. The third kappa shape index (κ3) is 3.22. The van der Waals surface area contributed by atoms with Gasteiger partial charge in [0.2, 0.25) is 6.79 Å². The first-order valence-electron chi connectivity index (χ1n) is 7.25. The molecular formula is C16H18N2O3S. The van der Waals surface area contributed by atoms with Crippen LogP contribution in [0.4, 0.5) is 0 Å². The molecule has 0 radical (unpaired) electrons. The Kier molecular flexibility index (Phi) is 4.29. The lowest BCUT2D eigenvalue weighted by molar-refractivity contribution is 0.0953. The standard InChI is InChI=1S/C16H18N2O3S/c1-10(2)16-18-12(8-22-16)5-6-17-15(19)11-3-4-13-14(7-11)21-9-20-13/h3-4,7-8,10H,5-6,9H2,1-2H3,(H,17,19). The number of carbonyl (C=O) groups is 1. The second-order valence-corrected chi connectivity index (χ2v) is 6.30. The number of nitrogens with one attached hydrogen (secondary N) is 1. The van der Waals surface area contributed by atoms with Crippen LogP contribution < -0.4 is 14.8 Å². The summed E-state index contributed by atoms with van der Waals surface area (Å²) in [5.41, 5.74) is 1.60. The van der Waals surface area contributed by atoms with Gasteiger partial charge in [-0.1, -0.05) is 13.8 Å². The molecule has 1 N–H and O–H groups in total. The third-order valence-corrected chi connectivity index (χ3v) is 4.56. The van der Waals surface area contributed by atoms with Gasteiger partial charge in [0.05, 0.1) is 10.7 Å². The molecule has 1 aromatic heterocycles. The van der Waals surface area contributed by atoms with Gasteiger partial charge in [0.15, 0.2) is 11.5 Å². The number of rotatable bonds is 5. The zero-order chi connectivity index (χ0) is 15.5. The summed E-state index contributed by atoms with van der Waals surface area (Å²) in [6.07, 6.45) is 0.736. The smallest absolute Gasteiger partial charge is 0.251 e. The molecule has 0 aliphatic carbocycles. The van der Waals surface area contributed by atoms with Crippen LogP contribution in [0.2, 0.25) is 0 Å². The van der Waals surface area contributed by atoms with Gasteiger partial charge in [-0.15, -0.1) is 11.3 Å². The molecule has 0 atom stereocenters. The van der Waals surface area contributed by atoms with Crippen LogP contribution in [0.1, 0.15) is 40.8 Å². The molecule has 0 saturated carbocycles. The van der Waals surface area contributed by atoms with Crippen molar-refractivity contribution in [2.75, 3.05) is 13.3 Å². The molecular weight excluding hydrogens is 300 g/mol. The van der Waals surface area contributed by atoms with Crippen LogP contribution in [0.5, 0.6) is 11.5 Å². The minimum absolute atomic E-state index is 0.113. The van der Waals surface area contributed by atoms with E-state index in [0.29, 0.717) is 29.5 Å². The number of carbonyl (C=O) groups excluding carboxylic acids is 1. The van der Waals surface area contributed by atoms with Gasteiger partial charge in [-0.3, -0.25) is 4.79 Å². The SMILES string of the molecule is CC(C)c1nc(CCNC(=O)c2ccc3c(c2)OCO3)cs1. The molecule has 0 bridgehead atoms. The van der Waals surface area contributed by atoms with E-state index in [1.807, 2.05) is 0 Å². The Morgan fingerprint density at radius 2 is 2.18 bits per heavy atom. The second kappa shape index (κ2) is 6.36. The van der Waals surface area contributed by atoms with Crippen LogP contribution in [0.25, 0.3) is 0 Å². The van der Waals surface area contributed by atoms with Crippen LogP contribution in [-0.4, -0.2) is 24.2 Å². The number of ether oxygens (including phenoxy) is 2. The highest BCUT2D eigenvalue weighted by Gasteiger charge is 2.16. The summed E-state index contributed by atoms with van der Waals surface area (Å²) in [4.78, 5) is 16.7. The summed E-state index contributed by atoms with van der Waals surface area (Å²) < 4.78 is 10.5. The number of hydrogen-bond donors (Lipinski definition) is 1. The summed E-state index contributed by atoms with van der Waals surface area (Å²) in [5.74, 6) is 1.63. The van der Waals surface area contributed by atoms with Gasteiger partial charge in [0.25, 0.3) is 5.91 Å². The van der Waals surface area contributed by atoms with Crippen molar-refractivity contribution in [3.8, 4) is 11.5 Å². The molecule has 1 amide bonds. The van der Waals surface area contributed by atoms with Crippen molar-refractivity contribution in [2.24, 2.45) is 0 Å². The summed E-state index contributed by atoms with van der Waals surface area (Å²) >= 11 is 1.67. The summed E-state index contributed by atoms with van der Waals surface area (Å²) in [6, 6.07) is 5.20. The van der Waals surface area contributed by atoms with Crippen molar-refractivity contribution in [3.05, 3.63) is 39.8 Å². The van der Waals surface area contributed by atoms with E-state index in [4.69, 9.17) is 9.47 Å². The van der Waals surface area contributed by atoms with Crippen LogP contribution >= 0.6 is 11.3 Å². The molecule has 5 nitrogen and oxygen atoms in total. The number of benzene rings is 1. The molecule has 1 aliphatic rings. The fourth-order valence-corrected chi connectivity index (χ4v) is 3.02. The molecule has 1 aromatic carbocycles. The lowest BCUT2D eigenvalue weighted by Crippen LogP contribution is -2.25. The maximum Gasteiger partial charge on any atom is 0.251 e. The van der Waals surface area contributed by atoms with E-state index in [-0.39, 0.29) is 12.7 Å². The molecule has 0 spiro atoms. The predicted octanol–water partition coefficient (Wildman–Crippen LogP) is 2.97. The minimum Gasteiger partial charge on any atom is -0.454 e. The maximum absolute atomic E-state index is 12.1. The van der Waals surface area contributed by atoms with E-state index < -0.39 is 0 Å². The summed E-state index contributed by atoms with van der Waals surface area (Å²) in [5, 5.41) is 6.10. The zero-order valence-electron chi connectivity index (χ0n) is 12.6. The molecule has 0 fully saturated rings. The van der Waals surface area contributed by atoms with Gasteiger partial charge in [0, 0.05) is 29.8 Å². The molecule has 116 valence electrons. The van der Waals surface area contributed by atoms with Crippen LogP contribution in [0, 0.1) is 0 Å². The van der Waals surface area contributed by atoms with Gasteiger partial charge in [-0.2, -0.15) is 0 Å². The Balaban J connectivity index is 1.53. The average molecular weight is 318 g/mol. The van der Waals surface area contributed by atoms with Crippen molar-refractivity contribution < 1.29 is 14.3 Å². The van der Waals surface area contributed by atoms with Gasteiger partial charge in [-0.05, 0) is 18.2 Å². The number of fused-ring (bicyclic) bond motifs is 1. The number of hydrogen-bond acceptors (Lipinski definition) is 5. The predicted molar refractivity (Wildman–Crippen MR) is 84.8 cm³/mol. The first-order valence-corrected chi connectivity index (χ1v) is 8.13. The molecule has 1 aliphatic heterocycles. The highest BCUT2D eigenvalue weighted by atomic mass is 32.1. The van der Waals surface area contributed by atoms with E-state index in [2.05, 4.69) is 29.5 Å². The van der Waals surface area contributed by atoms with Crippen LogP contribution in [0.3, 0.4) is 0 Å². The van der Waals surface area contributed by atoms with E-state index in [0.717, 1.165) is 17.1 Å². The molecule has 3 rings (SSSR count). The third-order valence-electron chi connectivity index (χ3n) is 3.36. The molecule has 0 saturated heterocycles. The normalized spacial score (nSPS) is 12.7. The van der Waals surface area contributed by atoms with Gasteiger partial charge in [0.1, 0.15) is 0 Å². The largest absolute Gasteiger partial charge is 0.454 e. The van der Waals surface area contributed by atoms with Crippen molar-refractivity contribution in [1.29, 1.82) is 0 Å². The fourth-order valence-electron chi connectivity index (χ4n) is 2.15. The maximum atomic E-state index is 12.1. The fraction of sp³-hybridized carbons (Fsp3) is 0.375. The molecule has 6 heteroatoms. The summed E-state index contributed by atoms with van der Waals surface area (Å²) in [6.45, 7) is 5.03. The van der Waals surface area contributed by atoms with Crippen molar-refractivity contribution in [1.82, 2.24) is 10.3 Å².